The second-order valence-electron chi connectivity index (χ2n) is 8.01. The molecule has 162 valence electrons. The highest BCUT2D eigenvalue weighted by molar-refractivity contribution is 7.99. The van der Waals surface area contributed by atoms with E-state index in [0.29, 0.717) is 13.0 Å². The maximum Gasteiger partial charge on any atom is 0.121 e. The molecule has 0 spiro atoms. The summed E-state index contributed by atoms with van der Waals surface area (Å²) in [5.41, 5.74) is 1.99. The first kappa shape index (κ1) is 21.9. The number of aliphatic hydroxyl groups is 1. The summed E-state index contributed by atoms with van der Waals surface area (Å²) in [6.45, 7) is 8.29. The van der Waals surface area contributed by atoms with Gasteiger partial charge in [-0.1, -0.05) is 80.2 Å². The Kier molecular flexibility index (Phi) is 7.01. The standard InChI is InChI=1S/C27H31NO2S/c1-3-28(4-2)17-10-18-30-22-15-16-24-26(19-22)31-25-14-9-8-13-23(25)27(24,29)20-21-11-6-5-7-12-21/h5-9,11-16,19,29H,3-4,10,17-18,20H2,1-2H3. The van der Waals surface area contributed by atoms with Crippen molar-refractivity contribution in [2.75, 3.05) is 26.2 Å². The molecule has 0 aliphatic carbocycles. The zero-order valence-electron chi connectivity index (χ0n) is 18.4. The number of ether oxygens (including phenoxy) is 1. The van der Waals surface area contributed by atoms with Gasteiger partial charge in [-0.15, -0.1) is 0 Å². The van der Waals surface area contributed by atoms with E-state index in [2.05, 4.69) is 43.0 Å². The molecule has 0 saturated carbocycles. The molecule has 0 fully saturated rings. The Morgan fingerprint density at radius 1 is 0.871 bits per heavy atom. The van der Waals surface area contributed by atoms with Gasteiger partial charge in [0.25, 0.3) is 0 Å². The number of hydrogen-bond acceptors (Lipinski definition) is 4. The summed E-state index contributed by atoms with van der Waals surface area (Å²) in [6.07, 6.45) is 1.55. The van der Waals surface area contributed by atoms with Gasteiger partial charge in [-0.3, -0.25) is 0 Å². The van der Waals surface area contributed by atoms with Crippen LogP contribution in [0.3, 0.4) is 0 Å². The van der Waals surface area contributed by atoms with Crippen LogP contribution in [0.5, 0.6) is 5.75 Å². The SMILES string of the molecule is CCN(CC)CCCOc1ccc2c(c1)Sc1ccccc1C2(O)Cc1ccccc1. The monoisotopic (exact) mass is 433 g/mol. The largest absolute Gasteiger partial charge is 0.494 e. The average molecular weight is 434 g/mol. The van der Waals surface area contributed by atoms with E-state index in [9.17, 15) is 5.11 Å². The van der Waals surface area contributed by atoms with Crippen molar-refractivity contribution >= 4 is 11.8 Å². The number of benzene rings is 3. The van der Waals surface area contributed by atoms with Crippen LogP contribution in [0.25, 0.3) is 0 Å². The van der Waals surface area contributed by atoms with Crippen molar-refractivity contribution in [1.29, 1.82) is 0 Å². The maximum absolute atomic E-state index is 12.0. The van der Waals surface area contributed by atoms with Crippen molar-refractivity contribution in [3.63, 3.8) is 0 Å². The fourth-order valence-electron chi connectivity index (χ4n) is 4.28. The van der Waals surface area contributed by atoms with Gasteiger partial charge in [-0.25, -0.2) is 0 Å². The third-order valence-electron chi connectivity index (χ3n) is 6.04. The third-order valence-corrected chi connectivity index (χ3v) is 7.17. The third kappa shape index (κ3) is 4.82. The Labute approximate surface area is 190 Å². The molecule has 0 bridgehead atoms. The highest BCUT2D eigenvalue weighted by Gasteiger charge is 2.39. The van der Waals surface area contributed by atoms with Crippen LogP contribution < -0.4 is 4.74 Å². The van der Waals surface area contributed by atoms with Gasteiger partial charge in [0.15, 0.2) is 0 Å². The molecule has 1 N–H and O–H groups in total. The topological polar surface area (TPSA) is 32.7 Å². The van der Waals surface area contributed by atoms with Crippen molar-refractivity contribution in [3.8, 4) is 5.75 Å². The molecule has 1 unspecified atom stereocenters. The lowest BCUT2D eigenvalue weighted by Crippen LogP contribution is -2.33. The molecule has 1 atom stereocenters. The van der Waals surface area contributed by atoms with Crippen LogP contribution in [0.2, 0.25) is 0 Å². The van der Waals surface area contributed by atoms with Gasteiger partial charge in [0.2, 0.25) is 0 Å². The van der Waals surface area contributed by atoms with Gasteiger partial charge in [-0.05, 0) is 43.3 Å². The molecule has 3 aromatic rings. The van der Waals surface area contributed by atoms with E-state index in [4.69, 9.17) is 4.74 Å². The zero-order chi connectivity index (χ0) is 21.7. The molecule has 3 nitrogen and oxygen atoms in total. The van der Waals surface area contributed by atoms with E-state index in [1.807, 2.05) is 48.5 Å². The predicted molar refractivity (Wildman–Crippen MR) is 128 cm³/mol. The lowest BCUT2D eigenvalue weighted by Gasteiger charge is -2.36. The molecule has 0 aromatic heterocycles. The van der Waals surface area contributed by atoms with Crippen LogP contribution >= 0.6 is 11.8 Å². The minimum absolute atomic E-state index is 0.544. The highest BCUT2D eigenvalue weighted by atomic mass is 32.2. The Morgan fingerprint density at radius 2 is 1.58 bits per heavy atom. The van der Waals surface area contributed by atoms with Crippen LogP contribution in [-0.4, -0.2) is 36.2 Å². The number of hydrogen-bond donors (Lipinski definition) is 1. The summed E-state index contributed by atoms with van der Waals surface area (Å²) in [6, 6.07) is 24.5. The Hall–Kier alpha value is -2.27. The highest BCUT2D eigenvalue weighted by Crippen LogP contribution is 2.50. The van der Waals surface area contributed by atoms with Crippen molar-refractivity contribution in [3.05, 3.63) is 89.5 Å². The molecule has 31 heavy (non-hydrogen) atoms. The minimum Gasteiger partial charge on any atom is -0.494 e. The average Bonchev–Trinajstić information content (AvgIpc) is 2.80. The Bertz CT molecular complexity index is 1000. The summed E-state index contributed by atoms with van der Waals surface area (Å²) in [5, 5.41) is 12.0. The van der Waals surface area contributed by atoms with Gasteiger partial charge in [0.05, 0.1) is 6.61 Å². The van der Waals surface area contributed by atoms with Gasteiger partial charge >= 0.3 is 0 Å². The van der Waals surface area contributed by atoms with Gasteiger partial charge < -0.3 is 14.7 Å². The quantitative estimate of drug-likeness (QED) is 0.436. The smallest absolute Gasteiger partial charge is 0.121 e. The van der Waals surface area contributed by atoms with Crippen molar-refractivity contribution in [2.45, 2.75) is 42.1 Å². The van der Waals surface area contributed by atoms with Crippen molar-refractivity contribution in [1.82, 2.24) is 4.90 Å². The molecule has 4 rings (SSSR count). The summed E-state index contributed by atoms with van der Waals surface area (Å²) in [4.78, 5) is 4.58. The lowest BCUT2D eigenvalue weighted by molar-refractivity contribution is 0.0742. The van der Waals surface area contributed by atoms with E-state index < -0.39 is 5.60 Å². The first-order valence-electron chi connectivity index (χ1n) is 11.2. The van der Waals surface area contributed by atoms with Crippen molar-refractivity contribution in [2.24, 2.45) is 0 Å². The van der Waals surface area contributed by atoms with Crippen LogP contribution in [-0.2, 0) is 12.0 Å². The van der Waals surface area contributed by atoms with E-state index in [0.717, 1.165) is 58.3 Å². The minimum atomic E-state index is -1.06. The zero-order valence-corrected chi connectivity index (χ0v) is 19.2. The van der Waals surface area contributed by atoms with Crippen LogP contribution in [0.4, 0.5) is 0 Å². The molecule has 1 heterocycles. The van der Waals surface area contributed by atoms with E-state index in [-0.39, 0.29) is 0 Å². The summed E-state index contributed by atoms with van der Waals surface area (Å²) in [7, 11) is 0. The number of rotatable bonds is 9. The Balaban J connectivity index is 1.57. The summed E-state index contributed by atoms with van der Waals surface area (Å²) >= 11 is 1.71. The van der Waals surface area contributed by atoms with Gasteiger partial charge in [0.1, 0.15) is 11.4 Å². The molecule has 3 aromatic carbocycles. The normalized spacial score (nSPS) is 17.3. The molecular formula is C27H31NO2S. The van der Waals surface area contributed by atoms with Crippen LogP contribution in [0.15, 0.2) is 82.6 Å². The van der Waals surface area contributed by atoms with Crippen LogP contribution in [0.1, 0.15) is 37.0 Å². The number of fused-ring (bicyclic) bond motifs is 2. The lowest BCUT2D eigenvalue weighted by atomic mass is 9.81. The summed E-state index contributed by atoms with van der Waals surface area (Å²) in [5.74, 6) is 0.868. The van der Waals surface area contributed by atoms with Crippen molar-refractivity contribution < 1.29 is 9.84 Å². The van der Waals surface area contributed by atoms with E-state index in [1.165, 1.54) is 0 Å². The van der Waals surface area contributed by atoms with Gasteiger partial charge in [0, 0.05) is 33.9 Å². The Morgan fingerprint density at radius 3 is 2.35 bits per heavy atom. The fraction of sp³-hybridized carbons (Fsp3) is 0.333. The second kappa shape index (κ2) is 9.90. The number of nitrogens with zero attached hydrogens (tertiary/aromatic N) is 1. The second-order valence-corrected chi connectivity index (χ2v) is 9.09. The molecule has 1 aliphatic rings. The summed E-state index contributed by atoms with van der Waals surface area (Å²) < 4.78 is 6.06. The van der Waals surface area contributed by atoms with E-state index >= 15 is 0 Å². The fourth-order valence-corrected chi connectivity index (χ4v) is 5.53. The molecule has 1 aliphatic heterocycles. The first-order valence-corrected chi connectivity index (χ1v) is 12.0. The predicted octanol–water partition coefficient (Wildman–Crippen LogP) is 5.74. The molecule has 0 radical (unpaired) electrons. The van der Waals surface area contributed by atoms with E-state index in [1.54, 1.807) is 11.8 Å². The molecular weight excluding hydrogens is 402 g/mol. The van der Waals surface area contributed by atoms with Gasteiger partial charge in [-0.2, -0.15) is 0 Å². The molecule has 4 heteroatoms. The molecule has 0 amide bonds. The molecule has 0 saturated heterocycles. The maximum atomic E-state index is 12.0. The first-order chi connectivity index (χ1) is 15.1. The van der Waals surface area contributed by atoms with Crippen LogP contribution in [0, 0.1) is 0 Å².